The standard InChI is InChI=1S/C15H15NO/c1-10-8-12-7-6-11-4-2-3-5-13(11)15(17)14(12)16-9-10/h2-5,9-10H,6-8H2,1H3. The molecule has 0 spiro atoms. The fourth-order valence-corrected chi connectivity index (χ4v) is 2.64. The van der Waals surface area contributed by atoms with Gasteiger partial charge in [0.05, 0.1) is 0 Å². The molecule has 3 rings (SSSR count). The lowest BCUT2D eigenvalue weighted by Gasteiger charge is -2.16. The molecule has 0 bridgehead atoms. The number of hydrogen-bond acceptors (Lipinski definition) is 2. The maximum absolute atomic E-state index is 12.4. The molecule has 1 aromatic rings. The monoisotopic (exact) mass is 225 g/mol. The summed E-state index contributed by atoms with van der Waals surface area (Å²) in [6, 6.07) is 7.90. The first-order chi connectivity index (χ1) is 8.25. The third-order valence-electron chi connectivity index (χ3n) is 3.53. The van der Waals surface area contributed by atoms with Gasteiger partial charge in [-0.25, -0.2) is 0 Å². The molecule has 1 atom stereocenters. The fraction of sp³-hybridized carbons (Fsp3) is 0.333. The lowest BCUT2D eigenvalue weighted by atomic mass is 9.94. The van der Waals surface area contributed by atoms with Gasteiger partial charge in [-0.15, -0.1) is 0 Å². The highest BCUT2D eigenvalue weighted by atomic mass is 16.1. The van der Waals surface area contributed by atoms with Gasteiger partial charge >= 0.3 is 0 Å². The van der Waals surface area contributed by atoms with Gasteiger partial charge in [0.15, 0.2) is 0 Å². The minimum absolute atomic E-state index is 0.108. The molecule has 2 aliphatic rings. The first kappa shape index (κ1) is 10.5. The van der Waals surface area contributed by atoms with Crippen molar-refractivity contribution in [2.45, 2.75) is 26.2 Å². The van der Waals surface area contributed by atoms with Gasteiger partial charge in [0.1, 0.15) is 5.70 Å². The third kappa shape index (κ3) is 1.74. The van der Waals surface area contributed by atoms with Crippen LogP contribution in [0.4, 0.5) is 0 Å². The van der Waals surface area contributed by atoms with Crippen LogP contribution in [0.2, 0.25) is 0 Å². The van der Waals surface area contributed by atoms with Gasteiger partial charge < -0.3 is 0 Å². The summed E-state index contributed by atoms with van der Waals surface area (Å²) in [4.78, 5) is 16.8. The van der Waals surface area contributed by atoms with Crippen LogP contribution in [-0.2, 0) is 6.42 Å². The van der Waals surface area contributed by atoms with E-state index in [1.807, 2.05) is 24.4 Å². The summed E-state index contributed by atoms with van der Waals surface area (Å²) in [5.74, 6) is 0.569. The SMILES string of the molecule is CC1C=NC2=C(CCc3ccccc3C2=O)C1. The Kier molecular flexibility index (Phi) is 2.43. The summed E-state index contributed by atoms with van der Waals surface area (Å²) >= 11 is 0. The highest BCUT2D eigenvalue weighted by Gasteiger charge is 2.25. The van der Waals surface area contributed by atoms with Crippen molar-refractivity contribution in [2.24, 2.45) is 10.9 Å². The summed E-state index contributed by atoms with van der Waals surface area (Å²) in [6.45, 7) is 2.15. The predicted octanol–water partition coefficient (Wildman–Crippen LogP) is 3.18. The second kappa shape index (κ2) is 3.95. The number of fused-ring (bicyclic) bond motifs is 1. The Hall–Kier alpha value is -1.70. The number of carbonyl (C=O) groups is 1. The van der Waals surface area contributed by atoms with Gasteiger partial charge in [-0.3, -0.25) is 9.79 Å². The first-order valence-electron chi connectivity index (χ1n) is 6.14. The molecule has 86 valence electrons. The van der Waals surface area contributed by atoms with Crippen LogP contribution in [0.1, 0.15) is 35.7 Å². The highest BCUT2D eigenvalue weighted by molar-refractivity contribution is 6.11. The van der Waals surface area contributed by atoms with Crippen molar-refractivity contribution in [1.29, 1.82) is 0 Å². The van der Waals surface area contributed by atoms with Crippen LogP contribution in [0.25, 0.3) is 0 Å². The van der Waals surface area contributed by atoms with Crippen molar-refractivity contribution in [3.8, 4) is 0 Å². The summed E-state index contributed by atoms with van der Waals surface area (Å²) in [7, 11) is 0. The average Bonchev–Trinajstić information content (AvgIpc) is 2.48. The van der Waals surface area contributed by atoms with E-state index in [1.54, 1.807) is 0 Å². The number of hydrogen-bond donors (Lipinski definition) is 0. The van der Waals surface area contributed by atoms with Crippen LogP contribution >= 0.6 is 0 Å². The molecule has 1 aliphatic heterocycles. The van der Waals surface area contributed by atoms with Gasteiger partial charge in [0, 0.05) is 11.8 Å². The number of carbonyl (C=O) groups excluding carboxylic acids is 1. The molecule has 0 radical (unpaired) electrons. The Balaban J connectivity index is 2.09. The second-order valence-electron chi connectivity index (χ2n) is 4.90. The lowest BCUT2D eigenvalue weighted by Crippen LogP contribution is -2.11. The molecule has 0 N–H and O–H groups in total. The van der Waals surface area contributed by atoms with Gasteiger partial charge in [0.2, 0.25) is 5.78 Å². The highest BCUT2D eigenvalue weighted by Crippen LogP contribution is 2.31. The molecule has 0 aromatic heterocycles. The summed E-state index contributed by atoms with van der Waals surface area (Å²) in [5.41, 5.74) is 3.94. The molecular formula is C15H15NO. The lowest BCUT2D eigenvalue weighted by molar-refractivity contribution is 0.103. The fourth-order valence-electron chi connectivity index (χ4n) is 2.64. The summed E-state index contributed by atoms with van der Waals surface area (Å²) in [6.07, 6.45) is 4.83. The van der Waals surface area contributed by atoms with Gasteiger partial charge in [-0.1, -0.05) is 31.2 Å². The van der Waals surface area contributed by atoms with Crippen LogP contribution < -0.4 is 0 Å². The van der Waals surface area contributed by atoms with E-state index in [0.717, 1.165) is 30.4 Å². The molecule has 0 fully saturated rings. The molecule has 1 aromatic carbocycles. The van der Waals surface area contributed by atoms with Crippen LogP contribution in [0.5, 0.6) is 0 Å². The maximum Gasteiger partial charge on any atom is 0.211 e. The predicted molar refractivity (Wildman–Crippen MR) is 68.4 cm³/mol. The van der Waals surface area contributed by atoms with E-state index in [0.29, 0.717) is 11.6 Å². The number of benzene rings is 1. The average molecular weight is 225 g/mol. The molecule has 1 heterocycles. The minimum Gasteiger partial charge on any atom is -0.287 e. The van der Waals surface area contributed by atoms with E-state index in [4.69, 9.17) is 0 Å². The van der Waals surface area contributed by atoms with E-state index in [-0.39, 0.29) is 5.78 Å². The number of aliphatic imine (C=N–C) groups is 1. The number of rotatable bonds is 0. The Morgan fingerprint density at radius 1 is 1.24 bits per heavy atom. The van der Waals surface area contributed by atoms with Crippen molar-refractivity contribution in [2.75, 3.05) is 0 Å². The molecule has 0 saturated heterocycles. The molecule has 2 nitrogen and oxygen atoms in total. The summed E-state index contributed by atoms with van der Waals surface area (Å²) in [5, 5.41) is 0. The Labute approximate surface area is 101 Å². The topological polar surface area (TPSA) is 29.4 Å². The van der Waals surface area contributed by atoms with E-state index in [1.165, 1.54) is 5.57 Å². The van der Waals surface area contributed by atoms with Crippen LogP contribution in [-0.4, -0.2) is 12.0 Å². The molecule has 0 saturated carbocycles. The zero-order chi connectivity index (χ0) is 11.8. The van der Waals surface area contributed by atoms with Crippen molar-refractivity contribution >= 4 is 12.0 Å². The number of allylic oxidation sites excluding steroid dienone is 2. The van der Waals surface area contributed by atoms with Crippen LogP contribution in [0.3, 0.4) is 0 Å². The third-order valence-corrected chi connectivity index (χ3v) is 3.53. The smallest absolute Gasteiger partial charge is 0.211 e. The van der Waals surface area contributed by atoms with Crippen molar-refractivity contribution < 1.29 is 4.79 Å². The van der Waals surface area contributed by atoms with Gasteiger partial charge in [-0.2, -0.15) is 0 Å². The summed E-state index contributed by atoms with van der Waals surface area (Å²) < 4.78 is 0. The maximum atomic E-state index is 12.4. The van der Waals surface area contributed by atoms with Gasteiger partial charge in [0.25, 0.3) is 0 Å². The van der Waals surface area contributed by atoms with E-state index in [2.05, 4.69) is 18.0 Å². The number of ketones is 1. The number of nitrogens with zero attached hydrogens (tertiary/aromatic N) is 1. The van der Waals surface area contributed by atoms with E-state index in [9.17, 15) is 4.79 Å². The van der Waals surface area contributed by atoms with Gasteiger partial charge in [-0.05, 0) is 36.3 Å². The molecule has 1 unspecified atom stereocenters. The number of aryl methyl sites for hydroxylation is 1. The van der Waals surface area contributed by atoms with Crippen LogP contribution in [0, 0.1) is 5.92 Å². The van der Waals surface area contributed by atoms with Crippen molar-refractivity contribution in [3.05, 3.63) is 46.7 Å². The normalized spacial score (nSPS) is 23.1. The second-order valence-corrected chi connectivity index (χ2v) is 4.90. The molecular weight excluding hydrogens is 210 g/mol. The Morgan fingerprint density at radius 3 is 2.94 bits per heavy atom. The first-order valence-corrected chi connectivity index (χ1v) is 6.14. The minimum atomic E-state index is 0.108. The molecule has 17 heavy (non-hydrogen) atoms. The van der Waals surface area contributed by atoms with Crippen LogP contribution in [0.15, 0.2) is 40.5 Å². The zero-order valence-electron chi connectivity index (χ0n) is 9.94. The number of Topliss-reactive ketones (excluding diaryl/α,β-unsaturated/α-hetero) is 1. The Morgan fingerprint density at radius 2 is 2.06 bits per heavy atom. The van der Waals surface area contributed by atoms with Crippen molar-refractivity contribution in [1.82, 2.24) is 0 Å². The molecule has 0 amide bonds. The van der Waals surface area contributed by atoms with E-state index < -0.39 is 0 Å². The molecule has 2 heteroatoms. The zero-order valence-corrected chi connectivity index (χ0v) is 9.94. The Bertz CT molecular complexity index is 540. The quantitative estimate of drug-likeness (QED) is 0.666. The molecule has 1 aliphatic carbocycles. The largest absolute Gasteiger partial charge is 0.287 e. The van der Waals surface area contributed by atoms with E-state index >= 15 is 0 Å². The van der Waals surface area contributed by atoms with Crippen molar-refractivity contribution in [3.63, 3.8) is 0 Å².